The standard InChI is InChI=1S/C10H9NO.ClH/c1-12-10-7-6-8-4-2-3-5-9(8)11-10;/h2-7H,1H3;1H. The fourth-order valence-corrected chi connectivity index (χ4v) is 1.16. The van der Waals surface area contributed by atoms with Gasteiger partial charge < -0.3 is 4.74 Å². The Morgan fingerprint density at radius 1 is 1.08 bits per heavy atom. The molecule has 1 aromatic heterocycles. The molecule has 0 aliphatic carbocycles. The molecule has 1 aromatic carbocycles. The van der Waals surface area contributed by atoms with Gasteiger partial charge in [0, 0.05) is 11.5 Å². The first kappa shape index (κ1) is 9.81. The van der Waals surface area contributed by atoms with Crippen molar-refractivity contribution >= 4 is 23.3 Å². The van der Waals surface area contributed by atoms with Crippen LogP contribution >= 0.6 is 12.4 Å². The number of rotatable bonds is 1. The molecule has 1 heterocycles. The van der Waals surface area contributed by atoms with Crippen LogP contribution in [0.3, 0.4) is 0 Å². The number of pyridine rings is 1. The van der Waals surface area contributed by atoms with Crippen molar-refractivity contribution in [2.75, 3.05) is 7.11 Å². The summed E-state index contributed by atoms with van der Waals surface area (Å²) in [5.74, 6) is 0.661. The van der Waals surface area contributed by atoms with Crippen LogP contribution in [0.5, 0.6) is 5.88 Å². The molecule has 3 heteroatoms. The Morgan fingerprint density at radius 2 is 1.85 bits per heavy atom. The zero-order chi connectivity index (χ0) is 8.39. The lowest BCUT2D eigenvalue weighted by Crippen LogP contribution is -1.86. The average molecular weight is 196 g/mol. The number of methoxy groups -OCH3 is 1. The van der Waals surface area contributed by atoms with Gasteiger partial charge in [0.15, 0.2) is 0 Å². The molecule has 0 spiro atoms. The number of para-hydroxylation sites is 1. The van der Waals surface area contributed by atoms with E-state index in [1.54, 1.807) is 7.11 Å². The number of benzene rings is 1. The molecular formula is C10H10ClNO. The third kappa shape index (κ3) is 1.90. The Balaban J connectivity index is 0.000000845. The highest BCUT2D eigenvalue weighted by atomic mass is 35.5. The molecule has 0 fully saturated rings. The van der Waals surface area contributed by atoms with Gasteiger partial charge in [-0.1, -0.05) is 18.2 Å². The highest BCUT2D eigenvalue weighted by Gasteiger charge is 1.94. The second-order valence-corrected chi connectivity index (χ2v) is 2.55. The fraction of sp³-hybridized carbons (Fsp3) is 0.100. The summed E-state index contributed by atoms with van der Waals surface area (Å²) < 4.78 is 5.01. The van der Waals surface area contributed by atoms with Gasteiger partial charge in [0.1, 0.15) is 0 Å². The SMILES string of the molecule is COc1ccc2ccccc2n1.Cl. The second-order valence-electron chi connectivity index (χ2n) is 2.55. The molecule has 0 unspecified atom stereocenters. The van der Waals surface area contributed by atoms with Crippen LogP contribution in [0.2, 0.25) is 0 Å². The molecule has 0 saturated heterocycles. The summed E-state index contributed by atoms with van der Waals surface area (Å²) in [5.41, 5.74) is 0.969. The van der Waals surface area contributed by atoms with Crippen LogP contribution in [-0.2, 0) is 0 Å². The molecule has 0 N–H and O–H groups in total. The van der Waals surface area contributed by atoms with E-state index in [0.717, 1.165) is 10.9 Å². The molecule has 2 aromatic rings. The minimum atomic E-state index is 0. The van der Waals surface area contributed by atoms with E-state index in [-0.39, 0.29) is 12.4 Å². The number of nitrogens with zero attached hydrogens (tertiary/aromatic N) is 1. The summed E-state index contributed by atoms with van der Waals surface area (Å²) in [6.07, 6.45) is 0. The van der Waals surface area contributed by atoms with Gasteiger partial charge in [-0.05, 0) is 12.1 Å². The summed E-state index contributed by atoms with van der Waals surface area (Å²) >= 11 is 0. The Morgan fingerprint density at radius 3 is 2.62 bits per heavy atom. The van der Waals surface area contributed by atoms with Gasteiger partial charge in [-0.25, -0.2) is 4.98 Å². The first-order valence-electron chi connectivity index (χ1n) is 3.80. The predicted octanol–water partition coefficient (Wildman–Crippen LogP) is 2.67. The van der Waals surface area contributed by atoms with Crippen molar-refractivity contribution in [3.8, 4) is 5.88 Å². The van der Waals surface area contributed by atoms with Crippen molar-refractivity contribution < 1.29 is 4.74 Å². The molecule has 0 atom stereocenters. The number of aromatic nitrogens is 1. The van der Waals surface area contributed by atoms with Crippen molar-refractivity contribution in [3.05, 3.63) is 36.4 Å². The number of hydrogen-bond acceptors (Lipinski definition) is 2. The van der Waals surface area contributed by atoms with Gasteiger partial charge in [0.05, 0.1) is 12.6 Å². The van der Waals surface area contributed by atoms with E-state index in [1.165, 1.54) is 0 Å². The van der Waals surface area contributed by atoms with Gasteiger partial charge in [-0.2, -0.15) is 0 Å². The largest absolute Gasteiger partial charge is 0.481 e. The predicted molar refractivity (Wildman–Crippen MR) is 55.5 cm³/mol. The number of halogens is 1. The summed E-state index contributed by atoms with van der Waals surface area (Å²) in [6, 6.07) is 11.8. The van der Waals surface area contributed by atoms with Crippen LogP contribution in [0.15, 0.2) is 36.4 Å². The van der Waals surface area contributed by atoms with Gasteiger partial charge in [0.2, 0.25) is 5.88 Å². The van der Waals surface area contributed by atoms with Crippen molar-refractivity contribution in [2.24, 2.45) is 0 Å². The van der Waals surface area contributed by atoms with Crippen molar-refractivity contribution in [3.63, 3.8) is 0 Å². The maximum atomic E-state index is 5.01. The lowest BCUT2D eigenvalue weighted by molar-refractivity contribution is 0.399. The summed E-state index contributed by atoms with van der Waals surface area (Å²) in [5, 5.41) is 1.14. The third-order valence-electron chi connectivity index (χ3n) is 1.78. The lowest BCUT2D eigenvalue weighted by atomic mass is 10.2. The Bertz CT molecular complexity index is 403. The van der Waals surface area contributed by atoms with E-state index in [2.05, 4.69) is 4.98 Å². The van der Waals surface area contributed by atoms with E-state index in [4.69, 9.17) is 4.74 Å². The van der Waals surface area contributed by atoms with Crippen LogP contribution < -0.4 is 4.74 Å². The van der Waals surface area contributed by atoms with Gasteiger partial charge in [0.25, 0.3) is 0 Å². The lowest BCUT2D eigenvalue weighted by Gasteiger charge is -1.99. The van der Waals surface area contributed by atoms with Crippen LogP contribution in [0.25, 0.3) is 10.9 Å². The third-order valence-corrected chi connectivity index (χ3v) is 1.78. The van der Waals surface area contributed by atoms with Crippen LogP contribution in [-0.4, -0.2) is 12.1 Å². The fourth-order valence-electron chi connectivity index (χ4n) is 1.16. The van der Waals surface area contributed by atoms with E-state index in [9.17, 15) is 0 Å². The van der Waals surface area contributed by atoms with E-state index in [1.807, 2.05) is 36.4 Å². The van der Waals surface area contributed by atoms with Gasteiger partial charge in [-0.15, -0.1) is 12.4 Å². The first-order valence-corrected chi connectivity index (χ1v) is 3.80. The maximum Gasteiger partial charge on any atom is 0.213 e. The highest BCUT2D eigenvalue weighted by Crippen LogP contribution is 2.15. The molecule has 68 valence electrons. The van der Waals surface area contributed by atoms with Gasteiger partial charge in [-0.3, -0.25) is 0 Å². The molecule has 13 heavy (non-hydrogen) atoms. The zero-order valence-corrected chi connectivity index (χ0v) is 8.04. The van der Waals surface area contributed by atoms with Crippen molar-refractivity contribution in [1.29, 1.82) is 0 Å². The van der Waals surface area contributed by atoms with Crippen LogP contribution in [0, 0.1) is 0 Å². The van der Waals surface area contributed by atoms with Crippen molar-refractivity contribution in [1.82, 2.24) is 4.98 Å². The maximum absolute atomic E-state index is 5.01. The number of ether oxygens (including phenoxy) is 1. The molecular weight excluding hydrogens is 186 g/mol. The Hall–Kier alpha value is -1.28. The van der Waals surface area contributed by atoms with E-state index in [0.29, 0.717) is 5.88 Å². The molecule has 2 nitrogen and oxygen atoms in total. The molecule has 0 aliphatic rings. The quantitative estimate of drug-likeness (QED) is 0.698. The second kappa shape index (κ2) is 4.10. The van der Waals surface area contributed by atoms with Crippen molar-refractivity contribution in [2.45, 2.75) is 0 Å². The molecule has 0 amide bonds. The summed E-state index contributed by atoms with van der Waals surface area (Å²) in [7, 11) is 1.62. The van der Waals surface area contributed by atoms with Crippen LogP contribution in [0.4, 0.5) is 0 Å². The minimum absolute atomic E-state index is 0. The smallest absolute Gasteiger partial charge is 0.213 e. The van der Waals surface area contributed by atoms with E-state index >= 15 is 0 Å². The van der Waals surface area contributed by atoms with Gasteiger partial charge >= 0.3 is 0 Å². The highest BCUT2D eigenvalue weighted by molar-refractivity contribution is 5.85. The zero-order valence-electron chi connectivity index (χ0n) is 7.23. The molecule has 2 rings (SSSR count). The molecule has 0 bridgehead atoms. The molecule has 0 aliphatic heterocycles. The number of hydrogen-bond donors (Lipinski definition) is 0. The Kier molecular flexibility index (Phi) is 3.09. The topological polar surface area (TPSA) is 22.1 Å². The minimum Gasteiger partial charge on any atom is -0.481 e. The number of fused-ring (bicyclic) bond motifs is 1. The average Bonchev–Trinajstić information content (AvgIpc) is 2.17. The summed E-state index contributed by atoms with van der Waals surface area (Å²) in [4.78, 5) is 4.27. The molecule has 0 radical (unpaired) electrons. The summed E-state index contributed by atoms with van der Waals surface area (Å²) in [6.45, 7) is 0. The monoisotopic (exact) mass is 195 g/mol. The first-order chi connectivity index (χ1) is 5.90. The normalized spacial score (nSPS) is 9.31. The van der Waals surface area contributed by atoms with Crippen LogP contribution in [0.1, 0.15) is 0 Å². The Labute approximate surface area is 83.0 Å². The molecule has 0 saturated carbocycles. The van der Waals surface area contributed by atoms with E-state index < -0.39 is 0 Å².